The molecule has 0 spiro atoms. The Morgan fingerprint density at radius 3 is 2.32 bits per heavy atom. The highest BCUT2D eigenvalue weighted by Gasteiger charge is 2.26. The number of carboxylic acid groups (broad SMARTS) is 1. The number of nitrogens with zero attached hydrogens (tertiary/aromatic N) is 2. The Labute approximate surface area is 113 Å². The van der Waals surface area contributed by atoms with E-state index in [2.05, 4.69) is 10.2 Å². The average molecular weight is 269 g/mol. The lowest BCUT2D eigenvalue weighted by molar-refractivity contribution is -0.143. The zero-order valence-electron chi connectivity index (χ0n) is 11.3. The van der Waals surface area contributed by atoms with Gasteiger partial charge in [0.1, 0.15) is 0 Å². The van der Waals surface area contributed by atoms with Crippen molar-refractivity contribution in [2.45, 2.75) is 25.7 Å². The molecule has 108 valence electrons. The predicted molar refractivity (Wildman–Crippen MR) is 71.0 cm³/mol. The molecule has 0 aromatic rings. The Morgan fingerprint density at radius 1 is 1.11 bits per heavy atom. The van der Waals surface area contributed by atoms with Crippen molar-refractivity contribution in [3.8, 4) is 0 Å². The second-order valence-electron chi connectivity index (χ2n) is 5.38. The molecule has 6 heteroatoms. The highest BCUT2D eigenvalue weighted by Crippen LogP contribution is 2.17. The van der Waals surface area contributed by atoms with E-state index in [-0.39, 0.29) is 11.9 Å². The molecule has 6 nitrogen and oxygen atoms in total. The number of aliphatic carboxylic acids is 1. The number of likely N-dealkylation sites (tertiary alicyclic amines) is 2. The van der Waals surface area contributed by atoms with Crippen LogP contribution in [0.5, 0.6) is 0 Å². The molecular formula is C13H23N3O3. The van der Waals surface area contributed by atoms with Gasteiger partial charge in [0, 0.05) is 26.2 Å². The minimum Gasteiger partial charge on any atom is -0.481 e. The normalized spacial score (nSPS) is 21.6. The van der Waals surface area contributed by atoms with Crippen LogP contribution in [0.2, 0.25) is 0 Å². The summed E-state index contributed by atoms with van der Waals surface area (Å²) >= 11 is 0. The summed E-state index contributed by atoms with van der Waals surface area (Å²) in [4.78, 5) is 26.8. The topological polar surface area (TPSA) is 72.9 Å². The Hall–Kier alpha value is -1.30. The van der Waals surface area contributed by atoms with Gasteiger partial charge in [-0.2, -0.15) is 0 Å². The molecule has 19 heavy (non-hydrogen) atoms. The van der Waals surface area contributed by atoms with Gasteiger partial charge in [0.15, 0.2) is 0 Å². The van der Waals surface area contributed by atoms with Gasteiger partial charge in [0.2, 0.25) is 0 Å². The third-order valence-corrected chi connectivity index (χ3v) is 4.03. The summed E-state index contributed by atoms with van der Waals surface area (Å²) in [6.07, 6.45) is 3.65. The van der Waals surface area contributed by atoms with Gasteiger partial charge >= 0.3 is 12.0 Å². The minimum absolute atomic E-state index is 0.0527. The molecule has 0 bridgehead atoms. The number of carbonyl (C=O) groups excluding carboxylic acids is 1. The van der Waals surface area contributed by atoms with E-state index in [1.54, 1.807) is 4.90 Å². The molecule has 0 aromatic heterocycles. The first kappa shape index (κ1) is 14.1. The summed E-state index contributed by atoms with van der Waals surface area (Å²) in [6.45, 7) is 4.97. The molecule has 2 aliphatic rings. The quantitative estimate of drug-likeness (QED) is 0.783. The van der Waals surface area contributed by atoms with E-state index in [4.69, 9.17) is 5.11 Å². The fraction of sp³-hybridized carbons (Fsp3) is 0.846. The van der Waals surface area contributed by atoms with Crippen LogP contribution in [-0.4, -0.2) is 66.2 Å². The first-order valence-corrected chi connectivity index (χ1v) is 7.15. The monoisotopic (exact) mass is 269 g/mol. The van der Waals surface area contributed by atoms with Gasteiger partial charge in [0.05, 0.1) is 5.92 Å². The average Bonchev–Trinajstić information content (AvgIpc) is 2.92. The highest BCUT2D eigenvalue weighted by molar-refractivity contribution is 5.75. The fourth-order valence-corrected chi connectivity index (χ4v) is 2.77. The van der Waals surface area contributed by atoms with Crippen molar-refractivity contribution in [1.82, 2.24) is 15.1 Å². The third-order valence-electron chi connectivity index (χ3n) is 4.03. The van der Waals surface area contributed by atoms with Gasteiger partial charge in [-0.1, -0.05) is 0 Å². The van der Waals surface area contributed by atoms with Crippen LogP contribution < -0.4 is 5.32 Å². The summed E-state index contributed by atoms with van der Waals surface area (Å²) in [5.74, 6) is -1.03. The minimum atomic E-state index is -0.742. The molecule has 0 saturated carbocycles. The Balaban J connectivity index is 1.62. The Morgan fingerprint density at radius 2 is 1.74 bits per heavy atom. The van der Waals surface area contributed by atoms with Gasteiger partial charge in [0.25, 0.3) is 0 Å². The highest BCUT2D eigenvalue weighted by atomic mass is 16.4. The van der Waals surface area contributed by atoms with Crippen LogP contribution in [0.1, 0.15) is 25.7 Å². The molecule has 0 atom stereocenters. The number of nitrogens with one attached hydrogen (secondary N) is 1. The molecule has 0 radical (unpaired) electrons. The summed E-state index contributed by atoms with van der Waals surface area (Å²) in [5, 5.41) is 11.8. The lowest BCUT2D eigenvalue weighted by Gasteiger charge is -2.30. The van der Waals surface area contributed by atoms with Gasteiger partial charge in [-0.25, -0.2) is 4.79 Å². The molecule has 0 aliphatic carbocycles. The standard InChI is InChI=1S/C13H23N3O3/c17-12(18)11-3-8-16(9-4-11)13(19)14-5-10-15-6-1-2-7-15/h11H,1-10H2,(H,14,19)(H,17,18). The van der Waals surface area contributed by atoms with E-state index in [1.807, 2.05) is 0 Å². The van der Waals surface area contributed by atoms with Crippen LogP contribution >= 0.6 is 0 Å². The first-order valence-electron chi connectivity index (χ1n) is 7.15. The van der Waals surface area contributed by atoms with Crippen LogP contribution in [0.15, 0.2) is 0 Å². The summed E-state index contributed by atoms with van der Waals surface area (Å²) < 4.78 is 0. The molecule has 2 rings (SSSR count). The van der Waals surface area contributed by atoms with E-state index < -0.39 is 5.97 Å². The smallest absolute Gasteiger partial charge is 0.317 e. The number of carboxylic acids is 1. The van der Waals surface area contributed by atoms with Crippen molar-refractivity contribution in [2.75, 3.05) is 39.3 Å². The van der Waals surface area contributed by atoms with Crippen molar-refractivity contribution in [3.63, 3.8) is 0 Å². The molecule has 2 aliphatic heterocycles. The van der Waals surface area contributed by atoms with Gasteiger partial charge < -0.3 is 20.2 Å². The SMILES string of the molecule is O=C(O)C1CCN(C(=O)NCCN2CCCC2)CC1. The van der Waals surface area contributed by atoms with E-state index in [0.717, 1.165) is 19.6 Å². The molecule has 2 fully saturated rings. The van der Waals surface area contributed by atoms with Crippen molar-refractivity contribution in [3.05, 3.63) is 0 Å². The molecular weight excluding hydrogens is 246 g/mol. The second kappa shape index (κ2) is 6.75. The number of piperidine rings is 1. The maximum absolute atomic E-state index is 11.9. The molecule has 0 aromatic carbocycles. The van der Waals surface area contributed by atoms with Gasteiger partial charge in [-0.3, -0.25) is 4.79 Å². The molecule has 2 saturated heterocycles. The van der Waals surface area contributed by atoms with Crippen LogP contribution in [0, 0.1) is 5.92 Å². The maximum atomic E-state index is 11.9. The molecule has 2 N–H and O–H groups in total. The van der Waals surface area contributed by atoms with Gasteiger partial charge in [-0.15, -0.1) is 0 Å². The predicted octanol–water partition coefficient (Wildman–Crippen LogP) is 0.588. The Bertz CT molecular complexity index is 321. The number of urea groups is 1. The Kier molecular flexibility index (Phi) is 5.01. The van der Waals surface area contributed by atoms with E-state index >= 15 is 0 Å². The maximum Gasteiger partial charge on any atom is 0.317 e. The van der Waals surface area contributed by atoms with Crippen molar-refractivity contribution < 1.29 is 14.7 Å². The van der Waals surface area contributed by atoms with E-state index in [9.17, 15) is 9.59 Å². The molecule has 2 heterocycles. The van der Waals surface area contributed by atoms with Crippen LogP contribution in [-0.2, 0) is 4.79 Å². The third kappa shape index (κ3) is 4.09. The zero-order valence-corrected chi connectivity index (χ0v) is 11.3. The van der Waals surface area contributed by atoms with Crippen LogP contribution in [0.25, 0.3) is 0 Å². The molecule has 2 amide bonds. The lowest BCUT2D eigenvalue weighted by atomic mass is 9.97. The fourth-order valence-electron chi connectivity index (χ4n) is 2.77. The molecule has 0 unspecified atom stereocenters. The number of carbonyl (C=O) groups is 2. The number of hydrogen-bond acceptors (Lipinski definition) is 3. The van der Waals surface area contributed by atoms with Crippen molar-refractivity contribution >= 4 is 12.0 Å². The zero-order chi connectivity index (χ0) is 13.7. The summed E-state index contributed by atoms with van der Waals surface area (Å²) in [6, 6.07) is -0.0527. The lowest BCUT2D eigenvalue weighted by Crippen LogP contribution is -2.47. The van der Waals surface area contributed by atoms with Crippen LogP contribution in [0.4, 0.5) is 4.79 Å². The number of rotatable bonds is 4. The van der Waals surface area contributed by atoms with Gasteiger partial charge in [-0.05, 0) is 38.8 Å². The number of hydrogen-bond donors (Lipinski definition) is 2. The first-order chi connectivity index (χ1) is 9.16. The summed E-state index contributed by atoms with van der Waals surface area (Å²) in [5.41, 5.74) is 0. The van der Waals surface area contributed by atoms with Crippen molar-refractivity contribution in [2.24, 2.45) is 5.92 Å². The van der Waals surface area contributed by atoms with Crippen molar-refractivity contribution in [1.29, 1.82) is 0 Å². The largest absolute Gasteiger partial charge is 0.481 e. The number of amides is 2. The van der Waals surface area contributed by atoms with E-state index in [0.29, 0.717) is 32.5 Å². The van der Waals surface area contributed by atoms with Crippen LogP contribution in [0.3, 0.4) is 0 Å². The second-order valence-corrected chi connectivity index (χ2v) is 5.38. The summed E-state index contributed by atoms with van der Waals surface area (Å²) in [7, 11) is 0. The van der Waals surface area contributed by atoms with E-state index in [1.165, 1.54) is 12.8 Å².